The number of carbonyl (C=O) groups is 1. The molecule has 0 bridgehead atoms. The molecule has 0 saturated carbocycles. The lowest BCUT2D eigenvalue weighted by molar-refractivity contribution is 0.0702. The number of rotatable bonds is 3. The second kappa shape index (κ2) is 4.28. The molecule has 0 atom stereocenters. The van der Waals surface area contributed by atoms with Crippen molar-refractivity contribution < 1.29 is 9.90 Å². The van der Waals surface area contributed by atoms with Gasteiger partial charge in [-0.2, -0.15) is 0 Å². The van der Waals surface area contributed by atoms with E-state index in [1.54, 1.807) is 23.6 Å². The van der Waals surface area contributed by atoms with Crippen LogP contribution in [0.5, 0.6) is 0 Å². The van der Waals surface area contributed by atoms with Crippen molar-refractivity contribution >= 4 is 35.0 Å². The summed E-state index contributed by atoms with van der Waals surface area (Å²) in [4.78, 5) is 10.8. The van der Waals surface area contributed by atoms with E-state index in [0.717, 1.165) is 5.56 Å². The molecule has 12 heavy (non-hydrogen) atoms. The highest BCUT2D eigenvalue weighted by Crippen LogP contribution is 2.15. The van der Waals surface area contributed by atoms with E-state index in [0.29, 0.717) is 10.8 Å². The fourth-order valence-corrected chi connectivity index (χ4v) is 1.53. The van der Waals surface area contributed by atoms with Gasteiger partial charge in [0.05, 0.1) is 0 Å². The number of thiophene rings is 1. The van der Waals surface area contributed by atoms with Crippen LogP contribution < -0.4 is 0 Å². The summed E-state index contributed by atoms with van der Waals surface area (Å²) < 4.78 is 0. The number of alkyl halides is 1. The first-order chi connectivity index (χ1) is 5.74. The predicted molar refractivity (Wildman–Crippen MR) is 51.0 cm³/mol. The molecule has 0 aliphatic heterocycles. The molecule has 1 aromatic rings. The van der Waals surface area contributed by atoms with Crippen molar-refractivity contribution in [2.24, 2.45) is 0 Å². The zero-order valence-electron chi connectivity index (χ0n) is 6.16. The number of halogens is 1. The second-order valence-electron chi connectivity index (χ2n) is 2.11. The summed E-state index contributed by atoms with van der Waals surface area (Å²) in [5.41, 5.74) is 0.887. The van der Waals surface area contributed by atoms with Crippen LogP contribution in [0.2, 0.25) is 0 Å². The number of carboxylic acids is 1. The van der Waals surface area contributed by atoms with Gasteiger partial charge in [0.15, 0.2) is 0 Å². The van der Waals surface area contributed by atoms with Gasteiger partial charge in [-0.25, -0.2) is 4.79 Å². The molecule has 0 fully saturated rings. The summed E-state index contributed by atoms with van der Waals surface area (Å²) in [6.45, 7) is 0. The minimum Gasteiger partial charge on any atom is -0.477 e. The van der Waals surface area contributed by atoms with Crippen LogP contribution in [0.3, 0.4) is 0 Å². The first-order valence-electron chi connectivity index (χ1n) is 3.28. The Hall–Kier alpha value is -0.800. The van der Waals surface area contributed by atoms with Crippen molar-refractivity contribution in [3.63, 3.8) is 0 Å². The van der Waals surface area contributed by atoms with Crippen LogP contribution in [0.15, 0.2) is 17.5 Å². The minimum absolute atomic E-state index is 0.351. The second-order valence-corrected chi connectivity index (χ2v) is 3.33. The van der Waals surface area contributed by atoms with E-state index in [4.69, 9.17) is 16.7 Å². The molecule has 64 valence electrons. The van der Waals surface area contributed by atoms with Gasteiger partial charge in [-0.3, -0.25) is 0 Å². The average Bonchev–Trinajstić information content (AvgIpc) is 2.48. The summed E-state index contributed by atoms with van der Waals surface area (Å²) >= 11 is 6.64. The van der Waals surface area contributed by atoms with Gasteiger partial charge in [0.2, 0.25) is 0 Å². The van der Waals surface area contributed by atoms with Crippen molar-refractivity contribution in [2.45, 2.75) is 0 Å². The van der Waals surface area contributed by atoms with E-state index in [1.807, 2.05) is 0 Å². The molecule has 2 nitrogen and oxygen atoms in total. The van der Waals surface area contributed by atoms with Gasteiger partial charge in [0.1, 0.15) is 4.88 Å². The Kier molecular flexibility index (Phi) is 3.31. The Labute approximate surface area is 79.1 Å². The fraction of sp³-hybridized carbons (Fsp3) is 0.125. The van der Waals surface area contributed by atoms with Gasteiger partial charge < -0.3 is 5.11 Å². The van der Waals surface area contributed by atoms with Crippen molar-refractivity contribution in [1.29, 1.82) is 0 Å². The molecule has 0 amide bonds. The third-order valence-electron chi connectivity index (χ3n) is 1.23. The average molecular weight is 203 g/mol. The van der Waals surface area contributed by atoms with Gasteiger partial charge >= 0.3 is 5.97 Å². The monoisotopic (exact) mass is 202 g/mol. The van der Waals surface area contributed by atoms with Gasteiger partial charge in [-0.15, -0.1) is 22.9 Å². The van der Waals surface area contributed by atoms with Crippen LogP contribution in [0, 0.1) is 0 Å². The normalized spacial score (nSPS) is 10.8. The van der Waals surface area contributed by atoms with Crippen molar-refractivity contribution in [2.75, 3.05) is 5.88 Å². The number of hydrogen-bond acceptors (Lipinski definition) is 2. The smallest absolute Gasteiger partial charge is 0.345 e. The number of allylic oxidation sites excluding steroid dienone is 1. The Morgan fingerprint density at radius 1 is 1.75 bits per heavy atom. The van der Waals surface area contributed by atoms with E-state index in [-0.39, 0.29) is 0 Å². The lowest BCUT2D eigenvalue weighted by Gasteiger charge is -1.82. The van der Waals surface area contributed by atoms with E-state index in [9.17, 15) is 4.79 Å². The zero-order valence-corrected chi connectivity index (χ0v) is 7.73. The molecule has 0 aromatic carbocycles. The highest BCUT2D eigenvalue weighted by Gasteiger charge is 2.03. The first-order valence-corrected chi connectivity index (χ1v) is 4.70. The predicted octanol–water partition coefficient (Wildman–Crippen LogP) is 2.70. The summed E-state index contributed by atoms with van der Waals surface area (Å²) in [6, 6.07) is 1.62. The Balaban J connectivity index is 2.77. The maximum absolute atomic E-state index is 10.4. The van der Waals surface area contributed by atoms with Crippen LogP contribution >= 0.6 is 22.9 Å². The lowest BCUT2D eigenvalue weighted by Crippen LogP contribution is -1.89. The van der Waals surface area contributed by atoms with Crippen LogP contribution in [0.1, 0.15) is 15.2 Å². The standard InChI is InChI=1S/C8H7ClO2S/c9-3-1-2-6-4-7(8(10)11)12-5-6/h1-2,4-5H,3H2,(H,10,11). The van der Waals surface area contributed by atoms with Crippen LogP contribution in [0.4, 0.5) is 0 Å². The Morgan fingerprint density at radius 3 is 3.00 bits per heavy atom. The lowest BCUT2D eigenvalue weighted by atomic mass is 10.3. The SMILES string of the molecule is O=C(O)c1cc(C=CCCl)cs1. The Morgan fingerprint density at radius 2 is 2.50 bits per heavy atom. The van der Waals surface area contributed by atoms with Gasteiger partial charge in [-0.05, 0) is 17.0 Å². The molecule has 1 N–H and O–H groups in total. The quantitative estimate of drug-likeness (QED) is 0.766. The molecule has 0 radical (unpaired) electrons. The van der Waals surface area contributed by atoms with E-state index >= 15 is 0 Å². The van der Waals surface area contributed by atoms with Crippen molar-refractivity contribution in [3.8, 4) is 0 Å². The highest BCUT2D eigenvalue weighted by atomic mass is 35.5. The molecule has 1 rings (SSSR count). The van der Waals surface area contributed by atoms with Crippen LogP contribution in [-0.2, 0) is 0 Å². The van der Waals surface area contributed by atoms with Crippen molar-refractivity contribution in [1.82, 2.24) is 0 Å². The largest absolute Gasteiger partial charge is 0.477 e. The van der Waals surface area contributed by atoms with Crippen LogP contribution in [-0.4, -0.2) is 17.0 Å². The number of hydrogen-bond donors (Lipinski definition) is 1. The van der Waals surface area contributed by atoms with Gasteiger partial charge in [0.25, 0.3) is 0 Å². The minimum atomic E-state index is -0.884. The molecular weight excluding hydrogens is 196 g/mol. The third kappa shape index (κ3) is 2.36. The van der Waals surface area contributed by atoms with Gasteiger partial charge in [-0.1, -0.05) is 12.2 Å². The maximum Gasteiger partial charge on any atom is 0.345 e. The molecule has 0 saturated heterocycles. The molecule has 4 heteroatoms. The molecule has 0 unspecified atom stereocenters. The molecule has 0 aliphatic carbocycles. The third-order valence-corrected chi connectivity index (χ3v) is 2.34. The topological polar surface area (TPSA) is 37.3 Å². The van der Waals surface area contributed by atoms with Gasteiger partial charge in [0, 0.05) is 5.88 Å². The van der Waals surface area contributed by atoms with E-state index in [2.05, 4.69) is 0 Å². The summed E-state index contributed by atoms with van der Waals surface area (Å²) in [5, 5.41) is 10.4. The number of carboxylic acid groups (broad SMARTS) is 1. The van der Waals surface area contributed by atoms with E-state index in [1.165, 1.54) is 11.3 Å². The van der Waals surface area contributed by atoms with Crippen LogP contribution in [0.25, 0.3) is 6.08 Å². The molecule has 0 spiro atoms. The van der Waals surface area contributed by atoms with Crippen molar-refractivity contribution in [3.05, 3.63) is 28.0 Å². The molecule has 1 heterocycles. The highest BCUT2D eigenvalue weighted by molar-refractivity contribution is 7.12. The summed E-state index contributed by atoms with van der Waals surface area (Å²) in [5.74, 6) is -0.441. The zero-order chi connectivity index (χ0) is 8.97. The Bertz CT molecular complexity index is 304. The maximum atomic E-state index is 10.4. The molecule has 1 aromatic heterocycles. The van der Waals surface area contributed by atoms with E-state index < -0.39 is 5.97 Å². The molecular formula is C8H7ClO2S. The number of aromatic carboxylic acids is 1. The summed E-state index contributed by atoms with van der Waals surface area (Å²) in [7, 11) is 0. The first kappa shape index (κ1) is 9.29. The summed E-state index contributed by atoms with van der Waals surface area (Å²) in [6.07, 6.45) is 3.57. The fourth-order valence-electron chi connectivity index (χ4n) is 0.731. The molecule has 0 aliphatic rings.